The molecule has 0 bridgehead atoms. The van der Waals surface area contributed by atoms with Crippen LogP contribution in [0.2, 0.25) is 5.02 Å². The third-order valence-corrected chi connectivity index (χ3v) is 4.02. The molecule has 118 valence electrons. The monoisotopic (exact) mass is 331 g/mol. The Morgan fingerprint density at radius 2 is 2.09 bits per heavy atom. The molecule has 0 N–H and O–H groups in total. The molecule has 6 nitrogen and oxygen atoms in total. The SMILES string of the molecule is Cc1nn(Cc2cc(Cl)c3c(c2)OCCO3)c(=O)c(C#N)c1C. The van der Waals surface area contributed by atoms with Crippen molar-refractivity contribution < 1.29 is 9.47 Å². The lowest BCUT2D eigenvalue weighted by atomic mass is 10.1. The zero-order valence-electron chi connectivity index (χ0n) is 12.7. The summed E-state index contributed by atoms with van der Waals surface area (Å²) in [5.74, 6) is 1.07. The van der Waals surface area contributed by atoms with Gasteiger partial charge in [-0.1, -0.05) is 11.6 Å². The highest BCUT2D eigenvalue weighted by Crippen LogP contribution is 2.38. The topological polar surface area (TPSA) is 77.1 Å². The van der Waals surface area contributed by atoms with Crippen molar-refractivity contribution >= 4 is 11.6 Å². The van der Waals surface area contributed by atoms with Crippen molar-refractivity contribution in [3.8, 4) is 17.6 Å². The Labute approximate surface area is 137 Å². The third-order valence-electron chi connectivity index (χ3n) is 3.74. The lowest BCUT2D eigenvalue weighted by Gasteiger charge is -2.20. The van der Waals surface area contributed by atoms with Crippen molar-refractivity contribution in [2.45, 2.75) is 20.4 Å². The van der Waals surface area contributed by atoms with Gasteiger partial charge in [0.05, 0.1) is 17.3 Å². The van der Waals surface area contributed by atoms with Gasteiger partial charge in [-0.25, -0.2) is 4.68 Å². The molecule has 0 amide bonds. The number of nitrogens with zero attached hydrogens (tertiary/aromatic N) is 3. The molecule has 2 heterocycles. The van der Waals surface area contributed by atoms with Crippen LogP contribution < -0.4 is 15.0 Å². The molecule has 1 aliphatic rings. The van der Waals surface area contributed by atoms with Crippen LogP contribution in [0, 0.1) is 25.2 Å². The second-order valence-electron chi connectivity index (χ2n) is 5.26. The van der Waals surface area contributed by atoms with E-state index in [0.717, 1.165) is 5.56 Å². The molecule has 0 saturated carbocycles. The van der Waals surface area contributed by atoms with Crippen LogP contribution in [0.15, 0.2) is 16.9 Å². The maximum absolute atomic E-state index is 12.3. The van der Waals surface area contributed by atoms with Crippen molar-refractivity contribution in [3.05, 3.63) is 49.9 Å². The standard InChI is InChI=1S/C16H14ClN3O3/c1-9-10(2)19-20(16(21)12(9)7-18)8-11-5-13(17)15-14(6-11)22-3-4-23-15/h5-6H,3-4,8H2,1-2H3. The van der Waals surface area contributed by atoms with Crippen molar-refractivity contribution in [2.75, 3.05) is 13.2 Å². The third kappa shape index (κ3) is 2.76. The van der Waals surface area contributed by atoms with Crippen LogP contribution in [-0.4, -0.2) is 23.0 Å². The Hall–Kier alpha value is -2.52. The van der Waals surface area contributed by atoms with Gasteiger partial charge in [0.15, 0.2) is 11.5 Å². The number of ether oxygens (including phenoxy) is 2. The maximum Gasteiger partial charge on any atom is 0.285 e. The molecule has 0 unspecified atom stereocenters. The summed E-state index contributed by atoms with van der Waals surface area (Å²) in [7, 11) is 0. The molecule has 0 radical (unpaired) electrons. The summed E-state index contributed by atoms with van der Waals surface area (Å²) < 4.78 is 12.3. The number of aryl methyl sites for hydroxylation is 1. The molecule has 3 rings (SSSR count). The summed E-state index contributed by atoms with van der Waals surface area (Å²) in [6.07, 6.45) is 0. The molecule has 1 aromatic heterocycles. The Bertz CT molecular complexity index is 884. The molecule has 0 atom stereocenters. The van der Waals surface area contributed by atoms with Gasteiger partial charge in [-0.05, 0) is 37.1 Å². The average molecular weight is 332 g/mol. The van der Waals surface area contributed by atoms with Crippen LogP contribution in [0.3, 0.4) is 0 Å². The molecule has 23 heavy (non-hydrogen) atoms. The fourth-order valence-corrected chi connectivity index (χ4v) is 2.73. The molecule has 0 spiro atoms. The highest BCUT2D eigenvalue weighted by molar-refractivity contribution is 6.32. The van der Waals surface area contributed by atoms with E-state index in [1.54, 1.807) is 26.0 Å². The summed E-state index contributed by atoms with van der Waals surface area (Å²) in [6.45, 7) is 4.59. The first-order valence-corrected chi connectivity index (χ1v) is 7.45. The first-order chi connectivity index (χ1) is 11.0. The Kier molecular flexibility index (Phi) is 3.97. The number of benzene rings is 1. The molecular formula is C16H14ClN3O3. The lowest BCUT2D eigenvalue weighted by Crippen LogP contribution is -2.28. The first kappa shape index (κ1) is 15.4. The molecule has 0 aliphatic carbocycles. The normalized spacial score (nSPS) is 12.8. The van der Waals surface area contributed by atoms with E-state index < -0.39 is 5.56 Å². The van der Waals surface area contributed by atoms with Crippen molar-refractivity contribution in [1.82, 2.24) is 9.78 Å². The van der Waals surface area contributed by atoms with Gasteiger partial charge in [0, 0.05) is 0 Å². The minimum atomic E-state index is -0.415. The fraction of sp³-hybridized carbons (Fsp3) is 0.312. The smallest absolute Gasteiger partial charge is 0.285 e. The lowest BCUT2D eigenvalue weighted by molar-refractivity contribution is 0.171. The van der Waals surface area contributed by atoms with E-state index in [1.807, 2.05) is 6.07 Å². The number of hydrogen-bond acceptors (Lipinski definition) is 5. The van der Waals surface area contributed by atoms with Crippen LogP contribution in [0.25, 0.3) is 0 Å². The van der Waals surface area contributed by atoms with E-state index in [4.69, 9.17) is 26.3 Å². The predicted octanol–water partition coefficient (Wildman–Crippen LogP) is 2.20. The number of fused-ring (bicyclic) bond motifs is 1. The highest BCUT2D eigenvalue weighted by Gasteiger charge is 2.18. The zero-order valence-corrected chi connectivity index (χ0v) is 13.5. The number of hydrogen-bond donors (Lipinski definition) is 0. The number of aromatic nitrogens is 2. The fourth-order valence-electron chi connectivity index (χ4n) is 2.44. The minimum Gasteiger partial charge on any atom is -0.486 e. The van der Waals surface area contributed by atoms with Gasteiger partial charge in [0.25, 0.3) is 5.56 Å². The van der Waals surface area contributed by atoms with Crippen LogP contribution in [-0.2, 0) is 6.54 Å². The molecular weight excluding hydrogens is 318 g/mol. The van der Waals surface area contributed by atoms with Crippen molar-refractivity contribution in [1.29, 1.82) is 5.26 Å². The van der Waals surface area contributed by atoms with Gasteiger partial charge in [-0.2, -0.15) is 10.4 Å². The summed E-state index contributed by atoms with van der Waals surface area (Å²) in [6, 6.07) is 5.43. The molecule has 0 fully saturated rings. The summed E-state index contributed by atoms with van der Waals surface area (Å²) in [5.41, 5.74) is 1.70. The Morgan fingerprint density at radius 3 is 2.83 bits per heavy atom. The van der Waals surface area contributed by atoms with Crippen LogP contribution >= 0.6 is 11.6 Å². The van der Waals surface area contributed by atoms with Gasteiger partial charge in [0.1, 0.15) is 24.8 Å². The van der Waals surface area contributed by atoms with Crippen LogP contribution in [0.5, 0.6) is 11.5 Å². The first-order valence-electron chi connectivity index (χ1n) is 7.07. The second-order valence-corrected chi connectivity index (χ2v) is 5.67. The predicted molar refractivity (Wildman–Crippen MR) is 84.2 cm³/mol. The van der Waals surface area contributed by atoms with Crippen molar-refractivity contribution in [3.63, 3.8) is 0 Å². The minimum absolute atomic E-state index is 0.112. The van der Waals surface area contributed by atoms with Crippen LogP contribution in [0.4, 0.5) is 0 Å². The molecule has 1 aromatic carbocycles. The summed E-state index contributed by atoms with van der Waals surface area (Å²) >= 11 is 6.20. The van der Waals surface area contributed by atoms with Crippen molar-refractivity contribution in [2.24, 2.45) is 0 Å². The van der Waals surface area contributed by atoms with Gasteiger partial charge >= 0.3 is 0 Å². The number of nitriles is 1. The molecule has 1 aliphatic heterocycles. The second kappa shape index (κ2) is 5.94. The Balaban J connectivity index is 2.04. The number of halogens is 1. The molecule has 7 heteroatoms. The van der Waals surface area contributed by atoms with Gasteiger partial charge in [0.2, 0.25) is 0 Å². The van der Waals surface area contributed by atoms with Gasteiger partial charge in [-0.15, -0.1) is 0 Å². The van der Waals surface area contributed by atoms with E-state index in [1.165, 1.54) is 4.68 Å². The average Bonchev–Trinajstić information content (AvgIpc) is 2.53. The van der Waals surface area contributed by atoms with E-state index in [2.05, 4.69) is 5.10 Å². The highest BCUT2D eigenvalue weighted by atomic mass is 35.5. The maximum atomic E-state index is 12.3. The molecule has 2 aromatic rings. The van der Waals surface area contributed by atoms with E-state index in [-0.39, 0.29) is 12.1 Å². The van der Waals surface area contributed by atoms with E-state index in [9.17, 15) is 4.79 Å². The quantitative estimate of drug-likeness (QED) is 0.843. The van der Waals surface area contributed by atoms with E-state index in [0.29, 0.717) is 41.0 Å². The largest absolute Gasteiger partial charge is 0.486 e. The Morgan fingerprint density at radius 1 is 1.35 bits per heavy atom. The summed E-state index contributed by atoms with van der Waals surface area (Å²) in [5, 5.41) is 13.8. The van der Waals surface area contributed by atoms with E-state index >= 15 is 0 Å². The van der Waals surface area contributed by atoms with Gasteiger partial charge in [-0.3, -0.25) is 4.79 Å². The van der Waals surface area contributed by atoms with Gasteiger partial charge < -0.3 is 9.47 Å². The summed E-state index contributed by atoms with van der Waals surface area (Å²) in [4.78, 5) is 12.3. The number of rotatable bonds is 2. The molecule has 0 saturated heterocycles. The zero-order chi connectivity index (χ0) is 16.6. The van der Waals surface area contributed by atoms with Crippen LogP contribution in [0.1, 0.15) is 22.4 Å².